The summed E-state index contributed by atoms with van der Waals surface area (Å²) in [6, 6.07) is 12.8. The van der Waals surface area contributed by atoms with Gasteiger partial charge < -0.3 is 30.4 Å². The predicted octanol–water partition coefficient (Wildman–Crippen LogP) is 2.86. The van der Waals surface area contributed by atoms with Gasteiger partial charge in [-0.2, -0.15) is 0 Å². The summed E-state index contributed by atoms with van der Waals surface area (Å²) in [5.41, 5.74) is 0.962. The second kappa shape index (κ2) is 14.5. The fourth-order valence-electron chi connectivity index (χ4n) is 2.38. The van der Waals surface area contributed by atoms with E-state index in [1.165, 1.54) is 19.1 Å². The summed E-state index contributed by atoms with van der Waals surface area (Å²) < 4.78 is 4.93. The molecule has 0 aliphatic carbocycles. The van der Waals surface area contributed by atoms with Crippen LogP contribution in [0.5, 0.6) is 0 Å². The first-order valence-electron chi connectivity index (χ1n) is 9.65. The topological polar surface area (TPSA) is 159 Å². The van der Waals surface area contributed by atoms with Crippen LogP contribution in [0.3, 0.4) is 0 Å². The van der Waals surface area contributed by atoms with Crippen molar-refractivity contribution in [1.82, 2.24) is 10.6 Å². The molecule has 10 nitrogen and oxygen atoms in total. The zero-order valence-electron chi connectivity index (χ0n) is 17.9. The maximum atomic E-state index is 11.4. The summed E-state index contributed by atoms with van der Waals surface area (Å²) >= 11 is 11.5. The van der Waals surface area contributed by atoms with E-state index >= 15 is 0 Å². The summed E-state index contributed by atoms with van der Waals surface area (Å²) in [6.07, 6.45) is -0.443. The Morgan fingerprint density at radius 2 is 1.59 bits per heavy atom. The third-order valence-electron chi connectivity index (χ3n) is 4.07. The van der Waals surface area contributed by atoms with Crippen molar-refractivity contribution in [3.8, 4) is 0 Å². The van der Waals surface area contributed by atoms with Gasteiger partial charge in [-0.1, -0.05) is 59.6 Å². The lowest BCUT2D eigenvalue weighted by molar-refractivity contribution is -0.140. The molecule has 0 spiro atoms. The molecular formula is C22H22Cl2N2O8. The zero-order valence-corrected chi connectivity index (χ0v) is 19.4. The summed E-state index contributed by atoms with van der Waals surface area (Å²) in [4.78, 5) is 54.4. The fourth-order valence-corrected chi connectivity index (χ4v) is 3.01. The molecular weight excluding hydrogens is 491 g/mol. The van der Waals surface area contributed by atoms with Crippen molar-refractivity contribution in [3.63, 3.8) is 0 Å². The molecule has 12 heteroatoms. The number of amides is 2. The third kappa shape index (κ3) is 9.88. The summed E-state index contributed by atoms with van der Waals surface area (Å²) in [5.74, 6) is -4.33. The van der Waals surface area contributed by atoms with Crippen LogP contribution in [0.15, 0.2) is 48.5 Å². The standard InChI is InChI=1S/C13H16N2O5.C9H6Cl2O3/c1-9(12(18)14-7-11(16)17)15-13(19)20-8-10-5-3-2-4-6-10;10-6-2-1-3-7(11)8(6)5(4-12)9(13)14/h2-6,9H,7-8H2,1H3,(H,14,18)(H,15,19)(H,16,17);1-5H,(H,13,14)/t9-;/m0./s1. The second-order valence-electron chi connectivity index (χ2n) is 6.63. The van der Waals surface area contributed by atoms with Gasteiger partial charge in [0, 0.05) is 15.6 Å². The highest BCUT2D eigenvalue weighted by Gasteiger charge is 2.24. The maximum absolute atomic E-state index is 11.4. The fraction of sp³-hybridized carbons (Fsp3) is 0.227. The molecule has 0 radical (unpaired) electrons. The van der Waals surface area contributed by atoms with Crippen molar-refractivity contribution < 1.29 is 38.9 Å². The molecule has 0 saturated heterocycles. The average Bonchev–Trinajstić information content (AvgIpc) is 2.79. The van der Waals surface area contributed by atoms with E-state index in [1.807, 2.05) is 18.2 Å². The molecule has 0 aromatic heterocycles. The van der Waals surface area contributed by atoms with E-state index < -0.39 is 42.4 Å². The third-order valence-corrected chi connectivity index (χ3v) is 4.73. The number of halogens is 2. The van der Waals surface area contributed by atoms with Crippen molar-refractivity contribution in [3.05, 3.63) is 69.7 Å². The van der Waals surface area contributed by atoms with Crippen LogP contribution in [-0.2, 0) is 30.5 Å². The van der Waals surface area contributed by atoms with Gasteiger partial charge in [0.25, 0.3) is 0 Å². The number of carbonyl (C=O) groups is 5. The zero-order chi connectivity index (χ0) is 25.7. The summed E-state index contributed by atoms with van der Waals surface area (Å²) in [7, 11) is 0. The molecule has 0 bridgehead atoms. The van der Waals surface area contributed by atoms with E-state index in [1.54, 1.807) is 18.2 Å². The van der Waals surface area contributed by atoms with Crippen molar-refractivity contribution in [2.45, 2.75) is 25.5 Å². The van der Waals surface area contributed by atoms with Crippen molar-refractivity contribution in [2.24, 2.45) is 0 Å². The van der Waals surface area contributed by atoms with Crippen LogP contribution in [0.1, 0.15) is 24.0 Å². The minimum atomic E-state index is -1.31. The molecule has 2 aromatic rings. The van der Waals surface area contributed by atoms with E-state index in [-0.39, 0.29) is 22.2 Å². The van der Waals surface area contributed by atoms with Crippen LogP contribution in [-0.4, -0.2) is 53.0 Å². The first kappa shape index (κ1) is 28.4. The van der Waals surface area contributed by atoms with Gasteiger partial charge in [-0.15, -0.1) is 0 Å². The van der Waals surface area contributed by atoms with E-state index in [2.05, 4.69) is 10.6 Å². The Balaban J connectivity index is 0.000000362. The van der Waals surface area contributed by atoms with Crippen LogP contribution < -0.4 is 10.6 Å². The molecule has 0 fully saturated rings. The summed E-state index contributed by atoms with van der Waals surface area (Å²) in [6.45, 7) is 1.03. The van der Waals surface area contributed by atoms with Crippen LogP contribution in [0, 0.1) is 0 Å². The number of benzene rings is 2. The van der Waals surface area contributed by atoms with Crippen molar-refractivity contribution in [2.75, 3.05) is 6.54 Å². The van der Waals surface area contributed by atoms with Crippen molar-refractivity contribution in [1.29, 1.82) is 0 Å². The first-order valence-corrected chi connectivity index (χ1v) is 10.4. The van der Waals surface area contributed by atoms with Gasteiger partial charge in [-0.25, -0.2) is 4.79 Å². The minimum Gasteiger partial charge on any atom is -0.480 e. The summed E-state index contributed by atoms with van der Waals surface area (Å²) in [5, 5.41) is 22.0. The Kier molecular flexibility index (Phi) is 12.1. The number of ether oxygens (including phenoxy) is 1. The SMILES string of the molecule is C[C@H](NC(=O)OCc1ccccc1)C(=O)NCC(=O)O.O=CC(C(=O)O)c1c(Cl)cccc1Cl. The number of carboxylic acids is 2. The Labute approximate surface area is 204 Å². The van der Waals surface area contributed by atoms with Gasteiger partial charge in [0.15, 0.2) is 0 Å². The number of alkyl carbamates (subject to hydrolysis) is 1. The minimum absolute atomic E-state index is 0.0934. The Bertz CT molecular complexity index is 997. The van der Waals surface area contributed by atoms with Gasteiger partial charge in [0.1, 0.15) is 31.4 Å². The first-order chi connectivity index (χ1) is 16.1. The van der Waals surface area contributed by atoms with E-state index in [0.29, 0.717) is 6.29 Å². The second-order valence-corrected chi connectivity index (χ2v) is 7.44. The molecule has 1 unspecified atom stereocenters. The van der Waals surface area contributed by atoms with Crippen LogP contribution >= 0.6 is 23.2 Å². The number of nitrogens with one attached hydrogen (secondary N) is 2. The molecule has 2 amide bonds. The van der Waals surface area contributed by atoms with Crippen LogP contribution in [0.25, 0.3) is 0 Å². The molecule has 4 N–H and O–H groups in total. The largest absolute Gasteiger partial charge is 0.480 e. The Morgan fingerprint density at radius 3 is 2.09 bits per heavy atom. The lowest BCUT2D eigenvalue weighted by Gasteiger charge is -2.13. The molecule has 2 rings (SSSR count). The smallest absolute Gasteiger partial charge is 0.408 e. The highest BCUT2D eigenvalue weighted by molar-refractivity contribution is 6.36. The normalized spacial score (nSPS) is 11.6. The van der Waals surface area contributed by atoms with Crippen molar-refractivity contribution >= 4 is 53.4 Å². The van der Waals surface area contributed by atoms with Gasteiger partial charge in [0.05, 0.1) is 0 Å². The van der Waals surface area contributed by atoms with Crippen LogP contribution in [0.2, 0.25) is 10.0 Å². The molecule has 182 valence electrons. The molecule has 2 atom stereocenters. The molecule has 0 aliphatic rings. The van der Waals surface area contributed by atoms with Gasteiger partial charge in [-0.3, -0.25) is 14.4 Å². The quantitative estimate of drug-likeness (QED) is 0.294. The molecule has 2 aromatic carbocycles. The molecule has 34 heavy (non-hydrogen) atoms. The molecule has 0 aliphatic heterocycles. The lowest BCUT2D eigenvalue weighted by Crippen LogP contribution is -2.46. The molecule has 0 heterocycles. The number of aliphatic carboxylic acids is 2. The highest BCUT2D eigenvalue weighted by Crippen LogP contribution is 2.30. The Morgan fingerprint density at radius 1 is 1.00 bits per heavy atom. The predicted molar refractivity (Wildman–Crippen MR) is 123 cm³/mol. The van der Waals surface area contributed by atoms with Crippen LogP contribution in [0.4, 0.5) is 4.79 Å². The highest BCUT2D eigenvalue weighted by atomic mass is 35.5. The average molecular weight is 513 g/mol. The van der Waals surface area contributed by atoms with Gasteiger partial charge in [-0.05, 0) is 24.6 Å². The van der Waals surface area contributed by atoms with Gasteiger partial charge >= 0.3 is 18.0 Å². The van der Waals surface area contributed by atoms with E-state index in [0.717, 1.165) is 5.56 Å². The number of rotatable bonds is 9. The number of carbonyl (C=O) groups excluding carboxylic acids is 3. The van der Waals surface area contributed by atoms with Gasteiger partial charge in [0.2, 0.25) is 5.91 Å². The number of aldehydes is 1. The maximum Gasteiger partial charge on any atom is 0.408 e. The monoisotopic (exact) mass is 512 g/mol. The Hall–Kier alpha value is -3.63. The van der Waals surface area contributed by atoms with E-state index in [9.17, 15) is 24.0 Å². The van der Waals surface area contributed by atoms with E-state index in [4.69, 9.17) is 38.2 Å². The molecule has 0 saturated carbocycles. The number of carboxylic acid groups (broad SMARTS) is 2. The number of hydrogen-bond donors (Lipinski definition) is 4. The number of hydrogen-bond acceptors (Lipinski definition) is 6. The lowest BCUT2D eigenvalue weighted by atomic mass is 10.0.